The number of para-hydroxylation sites is 1. The van der Waals surface area contributed by atoms with Crippen molar-refractivity contribution in [3.05, 3.63) is 29.8 Å². The summed E-state index contributed by atoms with van der Waals surface area (Å²) in [6.45, 7) is 4.11. The molecule has 1 fully saturated rings. The number of aliphatic carboxylic acids is 1. The highest BCUT2D eigenvalue weighted by molar-refractivity contribution is 5.70. The van der Waals surface area contributed by atoms with E-state index in [9.17, 15) is 9.90 Å². The molecule has 0 spiro atoms. The number of nitrogens with one attached hydrogen (secondary N) is 1. The Hall–Kier alpha value is -1.55. The second-order valence-electron chi connectivity index (χ2n) is 5.66. The van der Waals surface area contributed by atoms with Crippen LogP contribution in [-0.4, -0.2) is 24.2 Å². The molecule has 4 nitrogen and oxygen atoms in total. The Labute approximate surface area is 126 Å². The molecule has 2 atom stereocenters. The van der Waals surface area contributed by atoms with Crippen molar-refractivity contribution in [3.8, 4) is 5.75 Å². The van der Waals surface area contributed by atoms with E-state index in [4.69, 9.17) is 4.74 Å². The molecule has 2 unspecified atom stereocenters. The Morgan fingerprint density at radius 1 is 1.33 bits per heavy atom. The quantitative estimate of drug-likeness (QED) is 0.810. The summed E-state index contributed by atoms with van der Waals surface area (Å²) in [5, 5.41) is 12.7. The van der Waals surface area contributed by atoms with Crippen molar-refractivity contribution in [2.45, 2.75) is 39.2 Å². The fraction of sp³-hybridized carbons (Fsp3) is 0.588. The van der Waals surface area contributed by atoms with E-state index < -0.39 is 5.97 Å². The molecule has 1 aliphatic carbocycles. The third-order valence-corrected chi connectivity index (χ3v) is 4.22. The van der Waals surface area contributed by atoms with E-state index in [1.807, 2.05) is 31.2 Å². The van der Waals surface area contributed by atoms with Gasteiger partial charge in [0, 0.05) is 12.1 Å². The average molecular weight is 291 g/mol. The largest absolute Gasteiger partial charge is 0.494 e. The molecule has 1 aromatic carbocycles. The molecule has 0 aliphatic heterocycles. The molecule has 21 heavy (non-hydrogen) atoms. The first-order valence-electron chi connectivity index (χ1n) is 7.86. The van der Waals surface area contributed by atoms with Crippen LogP contribution in [-0.2, 0) is 11.3 Å². The highest BCUT2D eigenvalue weighted by Crippen LogP contribution is 2.30. The smallest absolute Gasteiger partial charge is 0.306 e. The maximum atomic E-state index is 11.3. The van der Waals surface area contributed by atoms with Crippen molar-refractivity contribution in [2.75, 3.05) is 13.2 Å². The summed E-state index contributed by atoms with van der Waals surface area (Å²) in [5.74, 6) is 0.325. The lowest BCUT2D eigenvalue weighted by molar-refractivity contribution is -0.144. The maximum absolute atomic E-state index is 11.3. The van der Waals surface area contributed by atoms with Crippen molar-refractivity contribution in [1.82, 2.24) is 5.32 Å². The van der Waals surface area contributed by atoms with Crippen molar-refractivity contribution < 1.29 is 14.6 Å². The molecule has 0 saturated heterocycles. The van der Waals surface area contributed by atoms with Crippen molar-refractivity contribution in [1.29, 1.82) is 0 Å². The SMILES string of the molecule is CCOc1ccccc1CNCC1CCCCC1C(=O)O. The third-order valence-electron chi connectivity index (χ3n) is 4.22. The molecular formula is C17H25NO3. The highest BCUT2D eigenvalue weighted by atomic mass is 16.5. The fourth-order valence-corrected chi connectivity index (χ4v) is 3.12. The number of rotatable bonds is 7. The van der Waals surface area contributed by atoms with Crippen LogP contribution in [0.25, 0.3) is 0 Å². The molecule has 0 bridgehead atoms. The average Bonchev–Trinajstić information content (AvgIpc) is 2.49. The van der Waals surface area contributed by atoms with E-state index in [-0.39, 0.29) is 11.8 Å². The van der Waals surface area contributed by atoms with Gasteiger partial charge in [0.15, 0.2) is 0 Å². The first-order chi connectivity index (χ1) is 10.2. The van der Waals surface area contributed by atoms with Gasteiger partial charge in [-0.3, -0.25) is 4.79 Å². The van der Waals surface area contributed by atoms with Crippen LogP contribution in [0.15, 0.2) is 24.3 Å². The third kappa shape index (κ3) is 4.46. The summed E-state index contributed by atoms with van der Waals surface area (Å²) in [4.78, 5) is 11.3. The summed E-state index contributed by atoms with van der Waals surface area (Å²) in [6.07, 6.45) is 4.01. The van der Waals surface area contributed by atoms with Crippen molar-refractivity contribution in [2.24, 2.45) is 11.8 Å². The lowest BCUT2D eigenvalue weighted by Crippen LogP contribution is -2.34. The van der Waals surface area contributed by atoms with Gasteiger partial charge in [-0.2, -0.15) is 0 Å². The molecule has 0 heterocycles. The van der Waals surface area contributed by atoms with Crippen LogP contribution in [0, 0.1) is 11.8 Å². The zero-order chi connectivity index (χ0) is 15.1. The monoisotopic (exact) mass is 291 g/mol. The van der Waals surface area contributed by atoms with E-state index in [0.29, 0.717) is 6.61 Å². The molecule has 1 aromatic rings. The number of carbonyl (C=O) groups is 1. The number of benzene rings is 1. The molecule has 1 saturated carbocycles. The second kappa shape index (κ2) is 8.03. The lowest BCUT2D eigenvalue weighted by atomic mass is 9.79. The standard InChI is InChI=1S/C17H25NO3/c1-2-21-16-10-6-4-8-14(16)12-18-11-13-7-3-5-9-15(13)17(19)20/h4,6,8,10,13,15,18H,2-3,5,7,9,11-12H2,1H3,(H,19,20). The molecular weight excluding hydrogens is 266 g/mol. The summed E-state index contributed by atoms with van der Waals surface area (Å²) >= 11 is 0. The van der Waals surface area contributed by atoms with Crippen LogP contribution in [0.3, 0.4) is 0 Å². The molecule has 0 radical (unpaired) electrons. The van der Waals surface area contributed by atoms with Crippen molar-refractivity contribution >= 4 is 5.97 Å². The summed E-state index contributed by atoms with van der Waals surface area (Å²) < 4.78 is 5.60. The van der Waals surface area contributed by atoms with E-state index in [1.54, 1.807) is 0 Å². The van der Waals surface area contributed by atoms with Gasteiger partial charge in [0.1, 0.15) is 5.75 Å². The first kappa shape index (κ1) is 15.8. The van der Waals surface area contributed by atoms with Gasteiger partial charge in [-0.05, 0) is 38.3 Å². The van der Waals surface area contributed by atoms with Gasteiger partial charge in [-0.15, -0.1) is 0 Å². The first-order valence-corrected chi connectivity index (χ1v) is 7.86. The van der Waals surface area contributed by atoms with Crippen LogP contribution < -0.4 is 10.1 Å². The van der Waals surface area contributed by atoms with Crippen LogP contribution in [0.5, 0.6) is 5.75 Å². The minimum atomic E-state index is -0.642. The van der Waals surface area contributed by atoms with Gasteiger partial charge in [0.2, 0.25) is 0 Å². The molecule has 116 valence electrons. The molecule has 2 N–H and O–H groups in total. The second-order valence-corrected chi connectivity index (χ2v) is 5.66. The maximum Gasteiger partial charge on any atom is 0.306 e. The van der Waals surface area contributed by atoms with Gasteiger partial charge in [-0.25, -0.2) is 0 Å². The van der Waals surface area contributed by atoms with Crippen LogP contribution in [0.4, 0.5) is 0 Å². The summed E-state index contributed by atoms with van der Waals surface area (Å²) in [6, 6.07) is 7.99. The Morgan fingerprint density at radius 3 is 2.86 bits per heavy atom. The number of hydrogen-bond acceptors (Lipinski definition) is 3. The number of carboxylic acid groups (broad SMARTS) is 1. The summed E-state index contributed by atoms with van der Waals surface area (Å²) in [7, 11) is 0. The van der Waals surface area contributed by atoms with Crippen LogP contribution >= 0.6 is 0 Å². The predicted molar refractivity (Wildman–Crippen MR) is 82.4 cm³/mol. The lowest BCUT2D eigenvalue weighted by Gasteiger charge is -2.28. The van der Waals surface area contributed by atoms with Gasteiger partial charge >= 0.3 is 5.97 Å². The van der Waals surface area contributed by atoms with E-state index in [0.717, 1.165) is 50.1 Å². The number of hydrogen-bond donors (Lipinski definition) is 2. The molecule has 2 rings (SSSR count). The van der Waals surface area contributed by atoms with Crippen LogP contribution in [0.2, 0.25) is 0 Å². The van der Waals surface area contributed by atoms with Gasteiger partial charge < -0.3 is 15.2 Å². The predicted octanol–water partition coefficient (Wildman–Crippen LogP) is 3.07. The highest BCUT2D eigenvalue weighted by Gasteiger charge is 2.30. The number of ether oxygens (including phenoxy) is 1. The number of carboxylic acids is 1. The van der Waals surface area contributed by atoms with Gasteiger partial charge in [-0.1, -0.05) is 31.0 Å². The molecule has 0 amide bonds. The van der Waals surface area contributed by atoms with Gasteiger partial charge in [0.05, 0.1) is 12.5 Å². The Morgan fingerprint density at radius 2 is 2.10 bits per heavy atom. The summed E-state index contributed by atoms with van der Waals surface area (Å²) in [5.41, 5.74) is 1.13. The minimum Gasteiger partial charge on any atom is -0.494 e. The van der Waals surface area contributed by atoms with Gasteiger partial charge in [0.25, 0.3) is 0 Å². The normalized spacial score (nSPS) is 22.0. The Kier molecular flexibility index (Phi) is 6.05. The zero-order valence-corrected chi connectivity index (χ0v) is 12.7. The Bertz CT molecular complexity index is 461. The molecule has 4 heteroatoms. The van der Waals surface area contributed by atoms with Crippen LogP contribution in [0.1, 0.15) is 38.2 Å². The Balaban J connectivity index is 1.87. The van der Waals surface area contributed by atoms with E-state index in [1.165, 1.54) is 0 Å². The fourth-order valence-electron chi connectivity index (χ4n) is 3.12. The topological polar surface area (TPSA) is 58.6 Å². The van der Waals surface area contributed by atoms with E-state index >= 15 is 0 Å². The molecule has 1 aliphatic rings. The van der Waals surface area contributed by atoms with E-state index in [2.05, 4.69) is 5.32 Å². The molecule has 0 aromatic heterocycles. The van der Waals surface area contributed by atoms with Crippen molar-refractivity contribution in [3.63, 3.8) is 0 Å². The zero-order valence-electron chi connectivity index (χ0n) is 12.7. The minimum absolute atomic E-state index is 0.187.